The second-order valence-electron chi connectivity index (χ2n) is 4.67. The Hall–Kier alpha value is -1.58. The van der Waals surface area contributed by atoms with Crippen molar-refractivity contribution in [3.63, 3.8) is 0 Å². The topological polar surface area (TPSA) is 21.3 Å². The molecule has 0 radical (unpaired) electrons. The molecule has 1 unspecified atom stereocenters. The number of halogens is 2. The zero-order chi connectivity index (χ0) is 14.7. The van der Waals surface area contributed by atoms with Crippen molar-refractivity contribution < 1.29 is 9.13 Å². The molecular formula is C16H17ClFNO. The third-order valence-electron chi connectivity index (χ3n) is 3.21. The molecule has 0 amide bonds. The summed E-state index contributed by atoms with van der Waals surface area (Å²) in [6.45, 7) is 1.87. The van der Waals surface area contributed by atoms with Crippen molar-refractivity contribution in [2.45, 2.75) is 13.0 Å². The van der Waals surface area contributed by atoms with E-state index in [1.54, 1.807) is 13.2 Å². The van der Waals surface area contributed by atoms with Gasteiger partial charge in [-0.05, 0) is 54.9 Å². The van der Waals surface area contributed by atoms with Crippen molar-refractivity contribution in [1.29, 1.82) is 0 Å². The van der Waals surface area contributed by atoms with Crippen LogP contribution in [0.2, 0.25) is 5.02 Å². The molecule has 0 aromatic heterocycles. The van der Waals surface area contributed by atoms with Crippen LogP contribution in [0.15, 0.2) is 36.4 Å². The van der Waals surface area contributed by atoms with Crippen LogP contribution in [0.5, 0.6) is 5.75 Å². The lowest BCUT2D eigenvalue weighted by Crippen LogP contribution is -2.18. The van der Waals surface area contributed by atoms with E-state index in [2.05, 4.69) is 5.32 Å². The Labute approximate surface area is 123 Å². The van der Waals surface area contributed by atoms with Crippen LogP contribution in [0.3, 0.4) is 0 Å². The van der Waals surface area contributed by atoms with E-state index in [1.807, 2.05) is 32.2 Å². The molecule has 20 heavy (non-hydrogen) atoms. The summed E-state index contributed by atoms with van der Waals surface area (Å²) in [5.74, 6) is 0.453. The standard InChI is InChI=1S/C16H17ClFNO/c1-10-6-11(8-12(18)7-10)16(19-2)14-5-4-13(20-3)9-15(14)17/h4-9,16,19H,1-3H3. The average molecular weight is 294 g/mol. The Morgan fingerprint density at radius 2 is 1.95 bits per heavy atom. The number of hydrogen-bond donors (Lipinski definition) is 1. The number of ether oxygens (including phenoxy) is 1. The van der Waals surface area contributed by atoms with Gasteiger partial charge in [-0.1, -0.05) is 23.7 Å². The van der Waals surface area contributed by atoms with Crippen molar-refractivity contribution in [3.8, 4) is 5.75 Å². The maximum atomic E-state index is 13.6. The minimum atomic E-state index is -0.245. The number of benzene rings is 2. The highest BCUT2D eigenvalue weighted by Gasteiger charge is 2.16. The molecule has 1 atom stereocenters. The monoisotopic (exact) mass is 293 g/mol. The Kier molecular flexibility index (Phi) is 4.63. The summed E-state index contributed by atoms with van der Waals surface area (Å²) >= 11 is 6.30. The summed E-state index contributed by atoms with van der Waals surface area (Å²) in [6.07, 6.45) is 0. The lowest BCUT2D eigenvalue weighted by atomic mass is 9.97. The zero-order valence-corrected chi connectivity index (χ0v) is 12.5. The van der Waals surface area contributed by atoms with Gasteiger partial charge in [0.05, 0.1) is 13.2 Å². The number of nitrogens with one attached hydrogen (secondary N) is 1. The first kappa shape index (κ1) is 14.8. The van der Waals surface area contributed by atoms with E-state index >= 15 is 0 Å². The maximum absolute atomic E-state index is 13.6. The molecular weight excluding hydrogens is 277 g/mol. The smallest absolute Gasteiger partial charge is 0.123 e. The summed E-state index contributed by atoms with van der Waals surface area (Å²) in [5.41, 5.74) is 2.61. The minimum Gasteiger partial charge on any atom is -0.497 e. The van der Waals surface area contributed by atoms with Gasteiger partial charge in [-0.25, -0.2) is 4.39 Å². The van der Waals surface area contributed by atoms with Gasteiger partial charge in [0.1, 0.15) is 11.6 Å². The number of hydrogen-bond acceptors (Lipinski definition) is 2. The van der Waals surface area contributed by atoms with Crippen molar-refractivity contribution in [3.05, 3.63) is 63.9 Å². The first-order valence-corrected chi connectivity index (χ1v) is 6.70. The summed E-state index contributed by atoms with van der Waals surface area (Å²) in [5, 5.41) is 3.76. The van der Waals surface area contributed by atoms with E-state index in [0.29, 0.717) is 10.8 Å². The number of methoxy groups -OCH3 is 1. The van der Waals surface area contributed by atoms with Gasteiger partial charge in [-0.3, -0.25) is 0 Å². The van der Waals surface area contributed by atoms with Crippen molar-refractivity contribution in [2.75, 3.05) is 14.2 Å². The molecule has 0 fully saturated rings. The zero-order valence-electron chi connectivity index (χ0n) is 11.7. The van der Waals surface area contributed by atoms with Gasteiger partial charge >= 0.3 is 0 Å². The molecule has 0 bridgehead atoms. The van der Waals surface area contributed by atoms with Gasteiger partial charge in [0, 0.05) is 5.02 Å². The summed E-state index contributed by atoms with van der Waals surface area (Å²) in [7, 11) is 3.42. The summed E-state index contributed by atoms with van der Waals surface area (Å²) in [6, 6.07) is 10.3. The van der Waals surface area contributed by atoms with Gasteiger partial charge in [0.2, 0.25) is 0 Å². The Balaban J connectivity index is 2.46. The quantitative estimate of drug-likeness (QED) is 0.916. The van der Waals surface area contributed by atoms with Crippen LogP contribution in [-0.4, -0.2) is 14.2 Å². The van der Waals surface area contributed by atoms with Gasteiger partial charge in [0.25, 0.3) is 0 Å². The first-order valence-electron chi connectivity index (χ1n) is 6.33. The Bertz CT molecular complexity index is 595. The molecule has 2 aromatic rings. The van der Waals surface area contributed by atoms with Crippen LogP contribution in [0, 0.1) is 12.7 Å². The highest BCUT2D eigenvalue weighted by Crippen LogP contribution is 2.31. The number of aryl methyl sites for hydroxylation is 1. The SMILES string of the molecule is CNC(c1cc(C)cc(F)c1)c1ccc(OC)cc1Cl. The van der Waals surface area contributed by atoms with Crippen LogP contribution in [-0.2, 0) is 0 Å². The third-order valence-corrected chi connectivity index (χ3v) is 3.53. The van der Waals surface area contributed by atoms with E-state index < -0.39 is 0 Å². The summed E-state index contributed by atoms with van der Waals surface area (Å²) in [4.78, 5) is 0. The van der Waals surface area contributed by atoms with E-state index in [4.69, 9.17) is 16.3 Å². The van der Waals surface area contributed by atoms with Crippen LogP contribution in [0.25, 0.3) is 0 Å². The predicted octanol–water partition coefficient (Wildman–Crippen LogP) is 4.10. The van der Waals surface area contributed by atoms with Crippen LogP contribution in [0.4, 0.5) is 4.39 Å². The van der Waals surface area contributed by atoms with Gasteiger partial charge in [-0.2, -0.15) is 0 Å². The van der Waals surface area contributed by atoms with E-state index in [0.717, 1.165) is 16.7 Å². The highest BCUT2D eigenvalue weighted by molar-refractivity contribution is 6.31. The van der Waals surface area contributed by atoms with Crippen molar-refractivity contribution in [2.24, 2.45) is 0 Å². The molecule has 0 aliphatic heterocycles. The Morgan fingerprint density at radius 1 is 1.20 bits per heavy atom. The molecule has 0 spiro atoms. The van der Waals surface area contributed by atoms with Gasteiger partial charge in [-0.15, -0.1) is 0 Å². The van der Waals surface area contributed by atoms with Crippen LogP contribution < -0.4 is 10.1 Å². The predicted molar refractivity (Wildman–Crippen MR) is 80.0 cm³/mol. The van der Waals surface area contributed by atoms with Crippen LogP contribution >= 0.6 is 11.6 Å². The highest BCUT2D eigenvalue weighted by atomic mass is 35.5. The molecule has 2 aromatic carbocycles. The normalized spacial score (nSPS) is 12.2. The minimum absolute atomic E-state index is 0.164. The molecule has 0 aliphatic carbocycles. The molecule has 106 valence electrons. The molecule has 2 nitrogen and oxygen atoms in total. The largest absolute Gasteiger partial charge is 0.497 e. The molecule has 0 saturated carbocycles. The molecule has 1 N–H and O–H groups in total. The van der Waals surface area contributed by atoms with Crippen LogP contribution in [0.1, 0.15) is 22.7 Å². The molecule has 0 heterocycles. The first-order chi connectivity index (χ1) is 9.55. The van der Waals surface area contributed by atoms with Gasteiger partial charge in [0.15, 0.2) is 0 Å². The number of rotatable bonds is 4. The fraction of sp³-hybridized carbons (Fsp3) is 0.250. The van der Waals surface area contributed by atoms with E-state index in [9.17, 15) is 4.39 Å². The fourth-order valence-corrected chi connectivity index (χ4v) is 2.58. The van der Waals surface area contributed by atoms with E-state index in [-0.39, 0.29) is 11.9 Å². The molecule has 4 heteroatoms. The lowest BCUT2D eigenvalue weighted by Gasteiger charge is -2.19. The van der Waals surface area contributed by atoms with E-state index in [1.165, 1.54) is 12.1 Å². The lowest BCUT2D eigenvalue weighted by molar-refractivity contribution is 0.414. The van der Waals surface area contributed by atoms with Gasteiger partial charge < -0.3 is 10.1 Å². The molecule has 2 rings (SSSR count). The second-order valence-corrected chi connectivity index (χ2v) is 5.08. The Morgan fingerprint density at radius 3 is 2.50 bits per heavy atom. The average Bonchev–Trinajstić information content (AvgIpc) is 2.40. The van der Waals surface area contributed by atoms with Crippen molar-refractivity contribution in [1.82, 2.24) is 5.32 Å². The van der Waals surface area contributed by atoms with Crippen molar-refractivity contribution >= 4 is 11.6 Å². The third kappa shape index (κ3) is 3.11. The summed E-state index contributed by atoms with van der Waals surface area (Å²) < 4.78 is 18.7. The second kappa shape index (κ2) is 6.25. The molecule has 0 aliphatic rings. The molecule has 0 saturated heterocycles. The maximum Gasteiger partial charge on any atom is 0.123 e. The fourth-order valence-electron chi connectivity index (χ4n) is 2.30.